The fourth-order valence-corrected chi connectivity index (χ4v) is 2.17. The highest BCUT2D eigenvalue weighted by atomic mass is 16.5. The van der Waals surface area contributed by atoms with Crippen molar-refractivity contribution in [2.45, 2.75) is 45.7 Å². The normalized spacial score (nSPS) is 14.2. The molecule has 0 bridgehead atoms. The first-order valence-electron chi connectivity index (χ1n) is 7.07. The molecule has 0 aromatic carbocycles. The molecule has 21 heavy (non-hydrogen) atoms. The maximum Gasteiger partial charge on any atom is 0.319 e. The smallest absolute Gasteiger partial charge is 0.319 e. The second kappa shape index (κ2) is 5.55. The van der Waals surface area contributed by atoms with E-state index in [0.29, 0.717) is 23.8 Å². The fourth-order valence-electron chi connectivity index (χ4n) is 2.17. The van der Waals surface area contributed by atoms with Gasteiger partial charge in [-0.1, -0.05) is 10.4 Å². The monoisotopic (exact) mass is 290 g/mol. The van der Waals surface area contributed by atoms with E-state index in [2.05, 4.69) is 26.1 Å². The summed E-state index contributed by atoms with van der Waals surface area (Å²) >= 11 is 0. The van der Waals surface area contributed by atoms with E-state index in [4.69, 9.17) is 4.52 Å². The van der Waals surface area contributed by atoms with Gasteiger partial charge in [0.25, 0.3) is 0 Å². The minimum Gasteiger partial charge on any atom is -0.359 e. The average Bonchev–Trinajstić information content (AvgIpc) is 3.11. The summed E-state index contributed by atoms with van der Waals surface area (Å²) in [5.74, 6) is 1.18. The molecule has 2 heterocycles. The van der Waals surface area contributed by atoms with Crippen LogP contribution in [0.2, 0.25) is 0 Å². The Morgan fingerprint density at radius 1 is 1.52 bits per heavy atom. The molecule has 2 amide bonds. The van der Waals surface area contributed by atoms with Crippen LogP contribution in [0.3, 0.4) is 0 Å². The SMILES string of the molecule is CCn1nncc1CNC(=O)Nc1c(C)noc1C1CC1. The first kappa shape index (κ1) is 13.6. The number of nitrogens with one attached hydrogen (secondary N) is 2. The number of anilines is 1. The van der Waals surface area contributed by atoms with E-state index in [-0.39, 0.29) is 6.03 Å². The van der Waals surface area contributed by atoms with Gasteiger partial charge in [0.15, 0.2) is 5.76 Å². The van der Waals surface area contributed by atoms with Crippen molar-refractivity contribution in [2.75, 3.05) is 5.32 Å². The highest BCUT2D eigenvalue weighted by Gasteiger charge is 2.32. The van der Waals surface area contributed by atoms with Gasteiger partial charge in [0.1, 0.15) is 11.4 Å². The average molecular weight is 290 g/mol. The number of rotatable bonds is 5. The molecule has 0 saturated heterocycles. The Kier molecular flexibility index (Phi) is 3.59. The third kappa shape index (κ3) is 2.88. The van der Waals surface area contributed by atoms with E-state index in [0.717, 1.165) is 30.8 Å². The quantitative estimate of drug-likeness (QED) is 0.875. The van der Waals surface area contributed by atoms with Crippen molar-refractivity contribution in [1.82, 2.24) is 25.5 Å². The Hall–Kier alpha value is -2.38. The molecule has 2 N–H and O–H groups in total. The summed E-state index contributed by atoms with van der Waals surface area (Å²) < 4.78 is 7.03. The van der Waals surface area contributed by atoms with Gasteiger partial charge in [0, 0.05) is 12.5 Å². The Bertz CT molecular complexity index is 643. The zero-order chi connectivity index (χ0) is 14.8. The molecule has 0 atom stereocenters. The molecule has 8 nitrogen and oxygen atoms in total. The molecule has 8 heteroatoms. The summed E-state index contributed by atoms with van der Waals surface area (Å²) in [6.45, 7) is 4.88. The summed E-state index contributed by atoms with van der Waals surface area (Å²) in [6, 6.07) is -0.285. The van der Waals surface area contributed by atoms with Crippen LogP contribution < -0.4 is 10.6 Å². The molecule has 0 radical (unpaired) electrons. The summed E-state index contributed by atoms with van der Waals surface area (Å²) in [4.78, 5) is 12.0. The summed E-state index contributed by atoms with van der Waals surface area (Å²) in [6.07, 6.45) is 3.82. The van der Waals surface area contributed by atoms with Gasteiger partial charge in [-0.3, -0.25) is 0 Å². The molecule has 1 aliphatic rings. The third-order valence-electron chi connectivity index (χ3n) is 3.50. The molecule has 112 valence electrons. The van der Waals surface area contributed by atoms with Gasteiger partial charge in [0.05, 0.1) is 18.4 Å². The molecule has 0 unspecified atom stereocenters. The van der Waals surface area contributed by atoms with E-state index < -0.39 is 0 Å². The number of carbonyl (C=O) groups is 1. The summed E-state index contributed by atoms with van der Waals surface area (Å²) in [7, 11) is 0. The Balaban J connectivity index is 1.60. The van der Waals surface area contributed by atoms with Crippen LogP contribution in [0, 0.1) is 6.92 Å². The second-order valence-electron chi connectivity index (χ2n) is 5.13. The third-order valence-corrected chi connectivity index (χ3v) is 3.50. The number of nitrogens with zero attached hydrogens (tertiary/aromatic N) is 4. The maximum atomic E-state index is 12.0. The number of hydrogen-bond acceptors (Lipinski definition) is 5. The van der Waals surface area contributed by atoms with Crippen LogP contribution in [-0.2, 0) is 13.1 Å². The molecule has 3 rings (SSSR count). The Labute approximate surface area is 121 Å². The lowest BCUT2D eigenvalue weighted by molar-refractivity contribution is 0.251. The van der Waals surface area contributed by atoms with E-state index in [1.807, 2.05) is 13.8 Å². The van der Waals surface area contributed by atoms with Gasteiger partial charge in [-0.25, -0.2) is 9.48 Å². The van der Waals surface area contributed by atoms with Gasteiger partial charge in [-0.15, -0.1) is 5.10 Å². The second-order valence-corrected chi connectivity index (χ2v) is 5.13. The fraction of sp³-hybridized carbons (Fsp3) is 0.538. The van der Waals surface area contributed by atoms with Crippen LogP contribution >= 0.6 is 0 Å². The molecule has 1 fully saturated rings. The van der Waals surface area contributed by atoms with Crippen molar-refractivity contribution < 1.29 is 9.32 Å². The van der Waals surface area contributed by atoms with Crippen molar-refractivity contribution in [3.8, 4) is 0 Å². The number of aryl methyl sites for hydroxylation is 2. The van der Waals surface area contributed by atoms with Crippen LogP contribution in [0.5, 0.6) is 0 Å². The lowest BCUT2D eigenvalue weighted by atomic mass is 10.2. The molecule has 1 aliphatic carbocycles. The predicted octanol–water partition coefficient (Wildman–Crippen LogP) is 1.79. The van der Waals surface area contributed by atoms with E-state index in [1.165, 1.54) is 0 Å². The highest BCUT2D eigenvalue weighted by molar-refractivity contribution is 5.90. The van der Waals surface area contributed by atoms with Crippen LogP contribution in [0.25, 0.3) is 0 Å². The van der Waals surface area contributed by atoms with Crippen LogP contribution in [0.15, 0.2) is 10.7 Å². The van der Waals surface area contributed by atoms with E-state index >= 15 is 0 Å². The van der Waals surface area contributed by atoms with Crippen molar-refractivity contribution in [2.24, 2.45) is 0 Å². The number of urea groups is 1. The van der Waals surface area contributed by atoms with Crippen molar-refractivity contribution in [3.63, 3.8) is 0 Å². The number of aromatic nitrogens is 4. The van der Waals surface area contributed by atoms with Gasteiger partial charge >= 0.3 is 6.03 Å². The predicted molar refractivity (Wildman–Crippen MR) is 74.8 cm³/mol. The molecule has 2 aromatic heterocycles. The maximum absolute atomic E-state index is 12.0. The Morgan fingerprint density at radius 3 is 3.05 bits per heavy atom. The zero-order valence-corrected chi connectivity index (χ0v) is 12.1. The largest absolute Gasteiger partial charge is 0.359 e. The van der Waals surface area contributed by atoms with Crippen LogP contribution in [0.4, 0.5) is 10.5 Å². The zero-order valence-electron chi connectivity index (χ0n) is 12.1. The molecule has 1 saturated carbocycles. The van der Waals surface area contributed by atoms with Crippen LogP contribution in [-0.4, -0.2) is 26.2 Å². The number of amides is 2. The van der Waals surface area contributed by atoms with Crippen molar-refractivity contribution in [3.05, 3.63) is 23.3 Å². The van der Waals surface area contributed by atoms with Crippen molar-refractivity contribution in [1.29, 1.82) is 0 Å². The van der Waals surface area contributed by atoms with Crippen LogP contribution in [0.1, 0.15) is 42.8 Å². The number of carbonyl (C=O) groups excluding carboxylic acids is 1. The molecular formula is C13H18N6O2. The number of hydrogen-bond donors (Lipinski definition) is 2. The van der Waals surface area contributed by atoms with Gasteiger partial charge in [-0.2, -0.15) is 0 Å². The first-order chi connectivity index (χ1) is 10.2. The highest BCUT2D eigenvalue weighted by Crippen LogP contribution is 2.44. The Morgan fingerprint density at radius 2 is 2.33 bits per heavy atom. The standard InChI is InChI=1S/C13H18N6O2/c1-3-19-10(7-15-18-19)6-14-13(20)16-11-8(2)17-21-12(11)9-4-5-9/h7,9H,3-6H2,1-2H3,(H2,14,16,20). The topological polar surface area (TPSA) is 97.9 Å². The summed E-state index contributed by atoms with van der Waals surface area (Å²) in [5.41, 5.74) is 2.25. The summed E-state index contributed by atoms with van der Waals surface area (Å²) in [5, 5.41) is 17.3. The van der Waals surface area contributed by atoms with Gasteiger partial charge in [-0.05, 0) is 26.7 Å². The van der Waals surface area contributed by atoms with E-state index in [1.54, 1.807) is 10.9 Å². The van der Waals surface area contributed by atoms with Gasteiger partial charge < -0.3 is 15.2 Å². The molecule has 0 spiro atoms. The molecule has 2 aromatic rings. The lowest BCUT2D eigenvalue weighted by Crippen LogP contribution is -2.29. The molecular weight excluding hydrogens is 272 g/mol. The molecule has 0 aliphatic heterocycles. The van der Waals surface area contributed by atoms with Gasteiger partial charge in [0.2, 0.25) is 0 Å². The minimum atomic E-state index is -0.285. The lowest BCUT2D eigenvalue weighted by Gasteiger charge is -2.08. The van der Waals surface area contributed by atoms with Crippen molar-refractivity contribution >= 4 is 11.7 Å². The minimum absolute atomic E-state index is 0.285. The first-order valence-corrected chi connectivity index (χ1v) is 7.07. The van der Waals surface area contributed by atoms with E-state index in [9.17, 15) is 4.79 Å².